The van der Waals surface area contributed by atoms with E-state index in [1.807, 2.05) is 54.6 Å². The van der Waals surface area contributed by atoms with E-state index in [-0.39, 0.29) is 17.9 Å². The summed E-state index contributed by atoms with van der Waals surface area (Å²) in [6.07, 6.45) is 1.65. The van der Waals surface area contributed by atoms with E-state index in [1.54, 1.807) is 16.8 Å². The van der Waals surface area contributed by atoms with Crippen LogP contribution in [0, 0.1) is 0 Å². The summed E-state index contributed by atoms with van der Waals surface area (Å²) in [6, 6.07) is 20.7. The number of carbonyl (C=O) groups is 1. The molecular weight excluding hydrogens is 392 g/mol. The fourth-order valence-corrected chi connectivity index (χ4v) is 3.46. The zero-order valence-corrected chi connectivity index (χ0v) is 15.4. The lowest BCUT2D eigenvalue weighted by atomic mass is 10.1. The number of fused-ring (bicyclic) bond motifs is 2. The fourth-order valence-electron chi connectivity index (χ4n) is 3.10. The van der Waals surface area contributed by atoms with Crippen molar-refractivity contribution in [2.75, 3.05) is 5.32 Å². The molecule has 0 spiro atoms. The topological polar surface area (TPSA) is 51.1 Å². The number of anilines is 1. The van der Waals surface area contributed by atoms with Gasteiger partial charge in [-0.05, 0) is 29.7 Å². The Morgan fingerprint density at radius 2 is 1.77 bits per heavy atom. The molecule has 0 saturated carbocycles. The Labute approximate surface area is 158 Å². The molecule has 4 aromatic rings. The van der Waals surface area contributed by atoms with Crippen molar-refractivity contribution in [3.63, 3.8) is 0 Å². The first-order valence-electron chi connectivity index (χ1n) is 8.18. The van der Waals surface area contributed by atoms with Crippen molar-refractivity contribution in [2.45, 2.75) is 6.54 Å². The molecule has 1 aromatic heterocycles. The highest BCUT2D eigenvalue weighted by Gasteiger charge is 2.09. The molecule has 0 aliphatic rings. The molecule has 5 heteroatoms. The van der Waals surface area contributed by atoms with Crippen LogP contribution in [-0.2, 0) is 11.3 Å². The van der Waals surface area contributed by atoms with E-state index in [1.165, 1.54) is 6.07 Å². The fraction of sp³-hybridized carbons (Fsp3) is 0.0476. The Morgan fingerprint density at radius 1 is 0.962 bits per heavy atom. The lowest BCUT2D eigenvalue weighted by Crippen LogP contribution is -2.20. The van der Waals surface area contributed by atoms with Gasteiger partial charge in [0.1, 0.15) is 6.54 Å². The molecule has 3 aromatic carbocycles. The molecule has 0 bridgehead atoms. The van der Waals surface area contributed by atoms with Crippen LogP contribution >= 0.6 is 15.9 Å². The van der Waals surface area contributed by atoms with Crippen LogP contribution in [0.2, 0.25) is 0 Å². The van der Waals surface area contributed by atoms with Gasteiger partial charge in [0, 0.05) is 33.2 Å². The summed E-state index contributed by atoms with van der Waals surface area (Å²) in [6.45, 7) is 0.127. The van der Waals surface area contributed by atoms with Crippen LogP contribution in [0.4, 0.5) is 5.69 Å². The number of pyridine rings is 1. The van der Waals surface area contributed by atoms with E-state index in [2.05, 4.69) is 21.2 Å². The number of halogens is 1. The second-order valence-electron chi connectivity index (χ2n) is 6.04. The van der Waals surface area contributed by atoms with Crippen molar-refractivity contribution in [3.8, 4) is 0 Å². The Balaban J connectivity index is 1.66. The highest BCUT2D eigenvalue weighted by atomic mass is 79.9. The van der Waals surface area contributed by atoms with Gasteiger partial charge in [0.2, 0.25) is 5.91 Å². The lowest BCUT2D eigenvalue weighted by Gasteiger charge is -2.12. The second-order valence-corrected chi connectivity index (χ2v) is 6.96. The smallest absolute Gasteiger partial charge is 0.244 e. The molecule has 0 aliphatic carbocycles. The largest absolute Gasteiger partial charge is 0.338 e. The molecule has 1 N–H and O–H groups in total. The van der Waals surface area contributed by atoms with E-state index in [0.717, 1.165) is 26.4 Å². The van der Waals surface area contributed by atoms with E-state index < -0.39 is 0 Å². The minimum absolute atomic E-state index is 0.0630. The quantitative estimate of drug-likeness (QED) is 0.542. The highest BCUT2D eigenvalue weighted by molar-refractivity contribution is 9.10. The summed E-state index contributed by atoms with van der Waals surface area (Å²) in [5.41, 5.74) is 1.45. The predicted molar refractivity (Wildman–Crippen MR) is 108 cm³/mol. The van der Waals surface area contributed by atoms with Crippen molar-refractivity contribution in [2.24, 2.45) is 0 Å². The zero-order valence-electron chi connectivity index (χ0n) is 13.8. The van der Waals surface area contributed by atoms with E-state index >= 15 is 0 Å². The van der Waals surface area contributed by atoms with Gasteiger partial charge in [0.05, 0.1) is 5.52 Å². The number of benzene rings is 3. The molecule has 26 heavy (non-hydrogen) atoms. The van der Waals surface area contributed by atoms with Gasteiger partial charge in [0.15, 0.2) is 5.43 Å². The van der Waals surface area contributed by atoms with Crippen LogP contribution < -0.4 is 10.7 Å². The number of hydrogen-bond donors (Lipinski definition) is 1. The average Bonchev–Trinajstić information content (AvgIpc) is 2.64. The Kier molecular flexibility index (Phi) is 4.31. The van der Waals surface area contributed by atoms with Crippen molar-refractivity contribution in [1.82, 2.24) is 4.57 Å². The molecule has 1 amide bonds. The van der Waals surface area contributed by atoms with Gasteiger partial charge < -0.3 is 9.88 Å². The van der Waals surface area contributed by atoms with Crippen molar-refractivity contribution in [1.29, 1.82) is 0 Å². The third-order valence-corrected chi connectivity index (χ3v) is 4.81. The number of rotatable bonds is 3. The molecule has 0 radical (unpaired) electrons. The molecule has 0 fully saturated rings. The van der Waals surface area contributed by atoms with Crippen molar-refractivity contribution < 1.29 is 4.79 Å². The molecule has 0 saturated heterocycles. The van der Waals surface area contributed by atoms with E-state index in [0.29, 0.717) is 5.39 Å². The monoisotopic (exact) mass is 406 g/mol. The molecule has 0 atom stereocenters. The van der Waals surface area contributed by atoms with Gasteiger partial charge in [0.25, 0.3) is 0 Å². The second kappa shape index (κ2) is 6.77. The van der Waals surface area contributed by atoms with Crippen LogP contribution in [0.25, 0.3) is 21.7 Å². The first kappa shape index (κ1) is 16.5. The van der Waals surface area contributed by atoms with Gasteiger partial charge in [-0.3, -0.25) is 9.59 Å². The van der Waals surface area contributed by atoms with Gasteiger partial charge in [-0.2, -0.15) is 0 Å². The molecule has 0 unspecified atom stereocenters. The molecular formula is C21H15BrN2O2. The van der Waals surface area contributed by atoms with Crippen LogP contribution in [0.1, 0.15) is 0 Å². The van der Waals surface area contributed by atoms with Crippen LogP contribution in [0.5, 0.6) is 0 Å². The number of amides is 1. The summed E-state index contributed by atoms with van der Waals surface area (Å²) in [5.74, 6) is -0.144. The maximum absolute atomic E-state index is 12.6. The van der Waals surface area contributed by atoms with Gasteiger partial charge in [-0.25, -0.2) is 0 Å². The average molecular weight is 407 g/mol. The number of aromatic nitrogens is 1. The first-order chi connectivity index (χ1) is 12.6. The molecule has 4 nitrogen and oxygen atoms in total. The van der Waals surface area contributed by atoms with E-state index in [4.69, 9.17) is 0 Å². The number of hydrogen-bond acceptors (Lipinski definition) is 2. The van der Waals surface area contributed by atoms with Gasteiger partial charge in [-0.1, -0.05) is 52.3 Å². The standard InChI is InChI=1S/C21H15BrN2O2/c22-15-8-9-19-17(12-15)20(25)10-11-24(19)13-21(26)23-18-7-3-5-14-4-1-2-6-16(14)18/h1-12H,13H2,(H,23,26). The van der Waals surface area contributed by atoms with Crippen LogP contribution in [0.15, 0.2) is 82.2 Å². The molecule has 0 aliphatic heterocycles. The summed E-state index contributed by atoms with van der Waals surface area (Å²) < 4.78 is 2.61. The zero-order chi connectivity index (χ0) is 18.1. The van der Waals surface area contributed by atoms with Crippen molar-refractivity contribution >= 4 is 49.2 Å². The maximum Gasteiger partial charge on any atom is 0.244 e. The maximum atomic E-state index is 12.6. The molecule has 128 valence electrons. The molecule has 4 rings (SSSR count). The SMILES string of the molecule is O=C(Cn1ccc(=O)c2cc(Br)ccc21)Nc1cccc2ccccc12. The highest BCUT2D eigenvalue weighted by Crippen LogP contribution is 2.23. The first-order valence-corrected chi connectivity index (χ1v) is 8.97. The van der Waals surface area contributed by atoms with Gasteiger partial charge >= 0.3 is 0 Å². The van der Waals surface area contributed by atoms with Crippen molar-refractivity contribution in [3.05, 3.63) is 87.6 Å². The summed E-state index contributed by atoms with van der Waals surface area (Å²) in [7, 11) is 0. The number of carbonyl (C=O) groups excluding carboxylic acids is 1. The molecule has 1 heterocycles. The Bertz CT molecular complexity index is 1190. The minimum Gasteiger partial charge on any atom is -0.338 e. The van der Waals surface area contributed by atoms with Gasteiger partial charge in [-0.15, -0.1) is 0 Å². The van der Waals surface area contributed by atoms with Crippen LogP contribution in [0.3, 0.4) is 0 Å². The summed E-state index contributed by atoms with van der Waals surface area (Å²) in [5, 5.41) is 5.63. The third kappa shape index (κ3) is 3.13. The Hall–Kier alpha value is -2.92. The summed E-state index contributed by atoms with van der Waals surface area (Å²) in [4.78, 5) is 24.7. The summed E-state index contributed by atoms with van der Waals surface area (Å²) >= 11 is 3.38. The lowest BCUT2D eigenvalue weighted by molar-refractivity contribution is -0.116. The minimum atomic E-state index is -0.144. The Morgan fingerprint density at radius 3 is 2.65 bits per heavy atom. The predicted octanol–water partition coefficient (Wildman–Crippen LogP) is 4.56. The third-order valence-electron chi connectivity index (χ3n) is 4.32. The number of nitrogens with one attached hydrogen (secondary N) is 1. The van der Waals surface area contributed by atoms with E-state index in [9.17, 15) is 9.59 Å². The van der Waals surface area contributed by atoms with Crippen LogP contribution in [-0.4, -0.2) is 10.5 Å². The number of nitrogens with zero attached hydrogens (tertiary/aromatic N) is 1. The normalized spacial score (nSPS) is 11.0.